The van der Waals surface area contributed by atoms with Crippen LogP contribution in [-0.2, 0) is 4.74 Å². The fourth-order valence-electron chi connectivity index (χ4n) is 2.35. The van der Waals surface area contributed by atoms with Gasteiger partial charge in [-0.25, -0.2) is 0 Å². The van der Waals surface area contributed by atoms with Crippen LogP contribution in [0.2, 0.25) is 0 Å². The number of hydrogen-bond donors (Lipinski definition) is 0. The number of benzene rings is 1. The molecule has 2 atom stereocenters. The maximum absolute atomic E-state index is 5.66. The molecule has 0 N–H and O–H groups in total. The van der Waals surface area contributed by atoms with Crippen LogP contribution >= 0.6 is 0 Å². The summed E-state index contributed by atoms with van der Waals surface area (Å²) in [5, 5.41) is 0. The Morgan fingerprint density at radius 2 is 1.50 bits per heavy atom. The van der Waals surface area contributed by atoms with Crippen molar-refractivity contribution in [3.63, 3.8) is 0 Å². The van der Waals surface area contributed by atoms with E-state index >= 15 is 0 Å². The Kier molecular flexibility index (Phi) is 10.2. The van der Waals surface area contributed by atoms with E-state index in [2.05, 4.69) is 32.9 Å². The molecule has 0 radical (unpaired) electrons. The predicted octanol–water partition coefficient (Wildman–Crippen LogP) is 5.62. The first-order valence-electron chi connectivity index (χ1n) is 7.96. The molecule has 1 aromatic rings. The van der Waals surface area contributed by atoms with Crippen molar-refractivity contribution in [2.75, 3.05) is 6.61 Å². The molecule has 0 aliphatic rings. The van der Waals surface area contributed by atoms with Gasteiger partial charge in [0.25, 0.3) is 0 Å². The summed E-state index contributed by atoms with van der Waals surface area (Å²) >= 11 is 0. The maximum Gasteiger partial charge on any atom is 0.196 e. The van der Waals surface area contributed by atoms with Crippen LogP contribution in [0.4, 0.5) is 0 Å². The molecule has 0 saturated heterocycles. The van der Waals surface area contributed by atoms with Gasteiger partial charge in [-0.05, 0) is 49.8 Å². The van der Waals surface area contributed by atoms with Crippen molar-refractivity contribution >= 4 is 0 Å². The van der Waals surface area contributed by atoms with Gasteiger partial charge in [-0.2, -0.15) is 0 Å². The Balaban J connectivity index is 0.00000172. The Morgan fingerprint density at radius 1 is 0.950 bits per heavy atom. The maximum atomic E-state index is 5.66. The third-order valence-electron chi connectivity index (χ3n) is 3.26. The molecular weight excluding hydrogens is 248 g/mol. The highest BCUT2D eigenvalue weighted by Crippen LogP contribution is 2.29. The second-order valence-corrected chi connectivity index (χ2v) is 4.97. The summed E-state index contributed by atoms with van der Waals surface area (Å²) in [5.74, 6) is 2.17. The quantitative estimate of drug-likeness (QED) is 0.603. The van der Waals surface area contributed by atoms with Crippen LogP contribution in [0.3, 0.4) is 0 Å². The molecule has 0 fully saturated rings. The molecule has 0 amide bonds. The van der Waals surface area contributed by atoms with Crippen LogP contribution in [0.25, 0.3) is 0 Å². The molecule has 1 rings (SSSR count). The topological polar surface area (TPSA) is 18.5 Å². The van der Waals surface area contributed by atoms with Gasteiger partial charge in [-0.1, -0.05) is 46.8 Å². The first kappa shape index (κ1) is 19.0. The van der Waals surface area contributed by atoms with Gasteiger partial charge < -0.3 is 9.47 Å². The summed E-state index contributed by atoms with van der Waals surface area (Å²) < 4.78 is 11.0. The van der Waals surface area contributed by atoms with Crippen LogP contribution in [0.5, 0.6) is 5.75 Å². The summed E-state index contributed by atoms with van der Waals surface area (Å²) in [6, 6.07) is 8.41. The van der Waals surface area contributed by atoms with E-state index in [1.807, 2.05) is 39.8 Å². The summed E-state index contributed by atoms with van der Waals surface area (Å²) in [6.07, 6.45) is 0.987. The highest BCUT2D eigenvalue weighted by Gasteiger charge is 2.13. The zero-order valence-corrected chi connectivity index (χ0v) is 14.3. The predicted molar refractivity (Wildman–Crippen MR) is 87.4 cm³/mol. The Morgan fingerprint density at radius 3 is 1.90 bits per heavy atom. The molecule has 2 nitrogen and oxygen atoms in total. The van der Waals surface area contributed by atoms with Gasteiger partial charge in [0.05, 0.1) is 0 Å². The molecule has 0 aliphatic carbocycles. The molecule has 0 bridgehead atoms. The average Bonchev–Trinajstić information content (AvgIpc) is 2.43. The SMILES string of the molecule is CC.CCOC(C)Oc1ccc(C(CC)C(C)C)cc1. The minimum atomic E-state index is -0.187. The standard InChI is InChI=1S/C16H26O2.C2H6/c1-6-16(12(3)4)14-8-10-15(11-9-14)18-13(5)17-7-2;1-2/h8-13,16H,6-7H2,1-5H3;1-2H3. The molecule has 1 aromatic carbocycles. The number of ether oxygens (including phenoxy) is 2. The largest absolute Gasteiger partial charge is 0.465 e. The molecule has 116 valence electrons. The molecule has 20 heavy (non-hydrogen) atoms. The average molecular weight is 280 g/mol. The summed E-state index contributed by atoms with van der Waals surface area (Å²) in [4.78, 5) is 0. The Hall–Kier alpha value is -1.02. The van der Waals surface area contributed by atoms with E-state index in [9.17, 15) is 0 Å². The Labute approximate surface area is 125 Å². The second-order valence-electron chi connectivity index (χ2n) is 4.97. The third-order valence-corrected chi connectivity index (χ3v) is 3.26. The first-order valence-corrected chi connectivity index (χ1v) is 7.96. The summed E-state index contributed by atoms with van der Waals surface area (Å²) in [6.45, 7) is 15.3. The van der Waals surface area contributed by atoms with Gasteiger partial charge >= 0.3 is 0 Å². The minimum Gasteiger partial charge on any atom is -0.465 e. The van der Waals surface area contributed by atoms with Crippen LogP contribution in [-0.4, -0.2) is 12.9 Å². The highest BCUT2D eigenvalue weighted by atomic mass is 16.7. The Bertz CT molecular complexity index is 330. The van der Waals surface area contributed by atoms with E-state index in [0.717, 1.165) is 5.75 Å². The van der Waals surface area contributed by atoms with E-state index in [1.54, 1.807) is 0 Å². The van der Waals surface area contributed by atoms with Crippen molar-refractivity contribution in [1.82, 2.24) is 0 Å². The van der Waals surface area contributed by atoms with Crippen molar-refractivity contribution in [3.05, 3.63) is 29.8 Å². The fraction of sp³-hybridized carbons (Fsp3) is 0.667. The van der Waals surface area contributed by atoms with Crippen molar-refractivity contribution < 1.29 is 9.47 Å². The zero-order valence-electron chi connectivity index (χ0n) is 14.3. The van der Waals surface area contributed by atoms with Crippen molar-refractivity contribution in [2.24, 2.45) is 5.92 Å². The van der Waals surface area contributed by atoms with Gasteiger partial charge in [0.1, 0.15) is 5.75 Å². The molecule has 0 aromatic heterocycles. The van der Waals surface area contributed by atoms with E-state index in [0.29, 0.717) is 18.4 Å². The first-order chi connectivity index (χ1) is 9.58. The zero-order chi connectivity index (χ0) is 15.5. The highest BCUT2D eigenvalue weighted by molar-refractivity contribution is 5.29. The summed E-state index contributed by atoms with van der Waals surface area (Å²) in [7, 11) is 0. The van der Waals surface area contributed by atoms with E-state index in [4.69, 9.17) is 9.47 Å². The number of rotatable bonds is 7. The normalized spacial score (nSPS) is 13.4. The van der Waals surface area contributed by atoms with Gasteiger partial charge in [-0.15, -0.1) is 0 Å². The molecule has 0 saturated carbocycles. The smallest absolute Gasteiger partial charge is 0.196 e. The third kappa shape index (κ3) is 6.42. The molecule has 0 heterocycles. The van der Waals surface area contributed by atoms with Crippen LogP contribution in [0, 0.1) is 5.92 Å². The van der Waals surface area contributed by atoms with E-state index in [-0.39, 0.29) is 6.29 Å². The van der Waals surface area contributed by atoms with E-state index in [1.165, 1.54) is 12.0 Å². The lowest BCUT2D eigenvalue weighted by Crippen LogP contribution is -2.16. The van der Waals surface area contributed by atoms with Crippen LogP contribution in [0.15, 0.2) is 24.3 Å². The monoisotopic (exact) mass is 280 g/mol. The summed E-state index contributed by atoms with van der Waals surface area (Å²) in [5.41, 5.74) is 1.39. The lowest BCUT2D eigenvalue weighted by molar-refractivity contribution is -0.0613. The van der Waals surface area contributed by atoms with Crippen LogP contribution < -0.4 is 4.74 Å². The minimum absolute atomic E-state index is 0.187. The molecule has 0 spiro atoms. The van der Waals surface area contributed by atoms with Crippen molar-refractivity contribution in [2.45, 2.75) is 67.1 Å². The number of hydrogen-bond acceptors (Lipinski definition) is 2. The lowest BCUT2D eigenvalue weighted by Gasteiger charge is -2.20. The van der Waals surface area contributed by atoms with E-state index < -0.39 is 0 Å². The van der Waals surface area contributed by atoms with Crippen molar-refractivity contribution in [1.29, 1.82) is 0 Å². The van der Waals surface area contributed by atoms with Crippen LogP contribution in [0.1, 0.15) is 66.4 Å². The fourth-order valence-corrected chi connectivity index (χ4v) is 2.35. The molecular formula is C18H32O2. The molecule has 2 unspecified atom stereocenters. The molecule has 0 aliphatic heterocycles. The van der Waals surface area contributed by atoms with Gasteiger partial charge in [-0.3, -0.25) is 0 Å². The molecule has 2 heteroatoms. The lowest BCUT2D eigenvalue weighted by atomic mass is 9.86. The van der Waals surface area contributed by atoms with Gasteiger partial charge in [0.2, 0.25) is 0 Å². The van der Waals surface area contributed by atoms with Crippen molar-refractivity contribution in [3.8, 4) is 5.75 Å². The van der Waals surface area contributed by atoms with Gasteiger partial charge in [0.15, 0.2) is 6.29 Å². The van der Waals surface area contributed by atoms with Gasteiger partial charge in [0, 0.05) is 6.61 Å². The second kappa shape index (κ2) is 10.7.